The zero-order valence-corrected chi connectivity index (χ0v) is 13.3. The van der Waals surface area contributed by atoms with E-state index in [0.717, 1.165) is 5.69 Å². The summed E-state index contributed by atoms with van der Waals surface area (Å²) in [6, 6.07) is 4.60. The van der Waals surface area contributed by atoms with Crippen molar-refractivity contribution in [3.05, 3.63) is 40.9 Å². The molecule has 8 heteroatoms. The van der Waals surface area contributed by atoms with Gasteiger partial charge in [0.15, 0.2) is 11.6 Å². The first-order chi connectivity index (χ1) is 11.5. The van der Waals surface area contributed by atoms with Crippen LogP contribution in [0.15, 0.2) is 23.2 Å². The Hall–Kier alpha value is -3.34. The molecule has 1 aliphatic heterocycles. The summed E-state index contributed by atoms with van der Waals surface area (Å²) >= 11 is 0. The lowest BCUT2D eigenvalue weighted by molar-refractivity contribution is 0.0974. The monoisotopic (exact) mass is 324 g/mol. The third-order valence-corrected chi connectivity index (χ3v) is 3.67. The fourth-order valence-electron chi connectivity index (χ4n) is 2.66. The van der Waals surface area contributed by atoms with Gasteiger partial charge in [0.25, 0.3) is 5.91 Å². The predicted octanol–water partition coefficient (Wildman–Crippen LogP) is 1.34. The number of amides is 1. The molecule has 0 fully saturated rings. The number of nitrogens with zero attached hydrogens (tertiary/aromatic N) is 4. The van der Waals surface area contributed by atoms with E-state index in [1.165, 1.54) is 12.1 Å². The van der Waals surface area contributed by atoms with Gasteiger partial charge in [-0.2, -0.15) is 5.10 Å². The fourth-order valence-corrected chi connectivity index (χ4v) is 2.66. The molecule has 0 radical (unpaired) electrons. The molecule has 2 heterocycles. The molecule has 3 rings (SSSR count). The Bertz CT molecular complexity index is 891. The molecule has 0 saturated heterocycles. The minimum Gasteiger partial charge on any atom is -0.507 e. The van der Waals surface area contributed by atoms with Gasteiger partial charge in [-0.15, -0.1) is 0 Å². The quantitative estimate of drug-likeness (QED) is 0.726. The van der Waals surface area contributed by atoms with E-state index in [-0.39, 0.29) is 17.0 Å². The predicted molar refractivity (Wildman–Crippen MR) is 89.1 cm³/mol. The molecule has 2 aromatic rings. The highest BCUT2D eigenvalue weighted by atomic mass is 16.3. The van der Waals surface area contributed by atoms with Gasteiger partial charge in [-0.05, 0) is 19.1 Å². The number of phenols is 1. The molecule has 0 aliphatic carbocycles. The lowest BCUT2D eigenvalue weighted by Gasteiger charge is -2.14. The lowest BCUT2D eigenvalue weighted by Crippen LogP contribution is -2.38. The van der Waals surface area contributed by atoms with E-state index >= 15 is 0 Å². The Labute approximate surface area is 138 Å². The maximum absolute atomic E-state index is 12.7. The number of carbonyl (C=O) groups excluding carboxylic acids is 1. The van der Waals surface area contributed by atoms with Crippen LogP contribution in [0.4, 0.5) is 5.69 Å². The topological polar surface area (TPSA) is 95.9 Å². The van der Waals surface area contributed by atoms with Crippen LogP contribution in [0, 0.1) is 13.5 Å². The van der Waals surface area contributed by atoms with Gasteiger partial charge in [-0.3, -0.25) is 19.8 Å². The van der Waals surface area contributed by atoms with Crippen LogP contribution in [0.3, 0.4) is 0 Å². The van der Waals surface area contributed by atoms with E-state index in [4.69, 9.17) is 6.57 Å². The summed E-state index contributed by atoms with van der Waals surface area (Å²) in [5, 5.41) is 20.1. The molecule has 122 valence electrons. The van der Waals surface area contributed by atoms with Crippen molar-refractivity contribution in [3.63, 3.8) is 0 Å². The summed E-state index contributed by atoms with van der Waals surface area (Å²) in [5.74, 6) is -0.368. The number of aromatic nitrogens is 2. The summed E-state index contributed by atoms with van der Waals surface area (Å²) in [6.45, 7) is 10.4. The highest BCUT2D eigenvalue weighted by molar-refractivity contribution is 6.12. The second kappa shape index (κ2) is 6.04. The van der Waals surface area contributed by atoms with Gasteiger partial charge in [0, 0.05) is 19.2 Å². The van der Waals surface area contributed by atoms with Gasteiger partial charge in [-0.1, -0.05) is 6.07 Å². The summed E-state index contributed by atoms with van der Waals surface area (Å²) in [7, 11) is 1.73. The molecule has 1 aliphatic rings. The molecule has 0 atom stereocenters. The van der Waals surface area contributed by atoms with E-state index < -0.39 is 5.91 Å². The fraction of sp³-hybridized carbons (Fsp3) is 0.250. The zero-order valence-electron chi connectivity index (χ0n) is 13.3. The second-order valence-electron chi connectivity index (χ2n) is 5.37. The summed E-state index contributed by atoms with van der Waals surface area (Å²) in [5.41, 5.74) is 1.98. The number of phenolic OH excluding ortho intramolecular Hbond substituents is 1. The number of hydrogen-bond donors (Lipinski definition) is 3. The SMILES string of the molecule is [C-]#[N+]c1ccc(O)c(C(=O)NC2=NCCN2)c1-c1cc(C)nn1C. The number of guanidine groups is 1. The van der Waals surface area contributed by atoms with Crippen molar-refractivity contribution in [2.24, 2.45) is 12.0 Å². The van der Waals surface area contributed by atoms with Crippen LogP contribution in [0.5, 0.6) is 5.75 Å². The molecule has 0 unspecified atom stereocenters. The van der Waals surface area contributed by atoms with Crippen molar-refractivity contribution in [2.75, 3.05) is 13.1 Å². The van der Waals surface area contributed by atoms with Crippen LogP contribution in [0.2, 0.25) is 0 Å². The van der Waals surface area contributed by atoms with Crippen LogP contribution >= 0.6 is 0 Å². The van der Waals surface area contributed by atoms with Gasteiger partial charge in [0.05, 0.1) is 30.1 Å². The minimum atomic E-state index is -0.528. The largest absolute Gasteiger partial charge is 0.507 e. The van der Waals surface area contributed by atoms with E-state index in [2.05, 4.69) is 25.6 Å². The van der Waals surface area contributed by atoms with Crippen LogP contribution in [0.25, 0.3) is 16.1 Å². The number of benzene rings is 1. The van der Waals surface area contributed by atoms with Gasteiger partial charge in [-0.25, -0.2) is 4.85 Å². The molecule has 0 spiro atoms. The van der Waals surface area contributed by atoms with E-state index in [9.17, 15) is 9.90 Å². The molecule has 24 heavy (non-hydrogen) atoms. The molecule has 1 aromatic carbocycles. The number of rotatable bonds is 2. The maximum atomic E-state index is 12.7. The van der Waals surface area contributed by atoms with Crippen LogP contribution < -0.4 is 10.6 Å². The standard InChI is InChI=1S/C16H16N6O2/c1-9-8-11(22(3)21-9)13-10(17-2)4-5-12(23)14(13)15(24)20-16-18-6-7-19-16/h4-5,8,23H,6-7H2,1,3H3,(H2,18,19,20,24). The van der Waals surface area contributed by atoms with Gasteiger partial charge >= 0.3 is 0 Å². The molecular formula is C16H16N6O2. The van der Waals surface area contributed by atoms with E-state index in [1.807, 2.05) is 6.92 Å². The number of aliphatic imine (C=N–C) groups is 1. The number of aromatic hydroxyl groups is 1. The highest BCUT2D eigenvalue weighted by Crippen LogP contribution is 2.38. The Morgan fingerprint density at radius 3 is 2.88 bits per heavy atom. The van der Waals surface area contributed by atoms with Gasteiger partial charge in [0.2, 0.25) is 0 Å². The minimum absolute atomic E-state index is 0.0305. The second-order valence-corrected chi connectivity index (χ2v) is 5.37. The highest BCUT2D eigenvalue weighted by Gasteiger charge is 2.24. The molecule has 0 saturated carbocycles. The molecule has 1 amide bonds. The van der Waals surface area contributed by atoms with Crippen molar-refractivity contribution in [1.29, 1.82) is 0 Å². The summed E-state index contributed by atoms with van der Waals surface area (Å²) in [6.07, 6.45) is 0. The van der Waals surface area contributed by atoms with E-state index in [0.29, 0.717) is 30.3 Å². The Morgan fingerprint density at radius 2 is 2.29 bits per heavy atom. The lowest BCUT2D eigenvalue weighted by atomic mass is 10.00. The van der Waals surface area contributed by atoms with Crippen LogP contribution in [-0.2, 0) is 7.05 Å². The Kier molecular flexibility index (Phi) is 3.92. The number of aryl methyl sites for hydroxylation is 2. The summed E-state index contributed by atoms with van der Waals surface area (Å²) in [4.78, 5) is 20.3. The van der Waals surface area contributed by atoms with Crippen molar-refractivity contribution in [2.45, 2.75) is 6.92 Å². The first kappa shape index (κ1) is 15.6. The van der Waals surface area contributed by atoms with Crippen molar-refractivity contribution in [3.8, 4) is 17.0 Å². The number of hydrogen-bond acceptors (Lipinski definition) is 5. The molecule has 3 N–H and O–H groups in total. The van der Waals surface area contributed by atoms with Crippen molar-refractivity contribution < 1.29 is 9.90 Å². The Balaban J connectivity index is 2.16. The number of carbonyl (C=O) groups is 1. The van der Waals surface area contributed by atoms with Crippen molar-refractivity contribution in [1.82, 2.24) is 20.4 Å². The molecule has 1 aromatic heterocycles. The molecule has 8 nitrogen and oxygen atoms in total. The third kappa shape index (κ3) is 2.67. The number of nitrogens with one attached hydrogen (secondary N) is 2. The summed E-state index contributed by atoms with van der Waals surface area (Å²) < 4.78 is 1.58. The molecular weight excluding hydrogens is 308 g/mol. The van der Waals surface area contributed by atoms with E-state index in [1.54, 1.807) is 17.8 Å². The smallest absolute Gasteiger partial charge is 0.261 e. The first-order valence-electron chi connectivity index (χ1n) is 7.35. The Morgan fingerprint density at radius 1 is 1.50 bits per heavy atom. The normalized spacial score (nSPS) is 13.1. The third-order valence-electron chi connectivity index (χ3n) is 3.67. The average molecular weight is 324 g/mol. The van der Waals surface area contributed by atoms with Crippen LogP contribution in [0.1, 0.15) is 16.1 Å². The van der Waals surface area contributed by atoms with Crippen molar-refractivity contribution >= 4 is 17.6 Å². The maximum Gasteiger partial charge on any atom is 0.261 e. The van der Waals surface area contributed by atoms with Crippen LogP contribution in [-0.4, -0.2) is 39.8 Å². The van der Waals surface area contributed by atoms with Gasteiger partial charge < -0.3 is 10.4 Å². The zero-order chi connectivity index (χ0) is 17.3. The first-order valence-corrected chi connectivity index (χ1v) is 7.35. The molecule has 0 bridgehead atoms. The average Bonchev–Trinajstić information content (AvgIpc) is 3.16. The van der Waals surface area contributed by atoms with Gasteiger partial charge in [0.1, 0.15) is 5.75 Å².